The fourth-order valence-corrected chi connectivity index (χ4v) is 3.13. The molecule has 1 heterocycles. The lowest BCUT2D eigenvalue weighted by Gasteiger charge is -2.20. The average Bonchev–Trinajstić information content (AvgIpc) is 2.32. The van der Waals surface area contributed by atoms with E-state index < -0.39 is 0 Å². The monoisotopic (exact) mass is 388 g/mol. The maximum atomic E-state index is 6.15. The van der Waals surface area contributed by atoms with Crippen LogP contribution in [0, 0.1) is 0 Å². The summed E-state index contributed by atoms with van der Waals surface area (Å²) in [4.78, 5) is 6.45. The fourth-order valence-electron chi connectivity index (χ4n) is 1.65. The third-order valence-electron chi connectivity index (χ3n) is 2.52. The van der Waals surface area contributed by atoms with Gasteiger partial charge in [-0.1, -0.05) is 29.8 Å². The number of benzene rings is 1. The Bertz CT molecular complexity index is 560. The Morgan fingerprint density at radius 1 is 1.28 bits per heavy atom. The molecule has 5 heteroatoms. The highest BCUT2D eigenvalue weighted by Gasteiger charge is 2.10. The first-order valence-electron chi connectivity index (χ1n) is 5.33. The molecule has 0 unspecified atom stereocenters. The van der Waals surface area contributed by atoms with Crippen LogP contribution < -0.4 is 4.90 Å². The van der Waals surface area contributed by atoms with E-state index in [1.807, 2.05) is 37.4 Å². The number of nitrogens with zero attached hydrogens (tertiary/aromatic N) is 2. The third-order valence-corrected chi connectivity index (χ3v) is 3.90. The van der Waals surface area contributed by atoms with E-state index >= 15 is 0 Å². The van der Waals surface area contributed by atoms with Crippen molar-refractivity contribution < 1.29 is 0 Å². The van der Waals surface area contributed by atoms with Gasteiger partial charge in [0.15, 0.2) is 0 Å². The highest BCUT2D eigenvalue weighted by Crippen LogP contribution is 2.27. The van der Waals surface area contributed by atoms with Crippen LogP contribution in [0.4, 0.5) is 5.82 Å². The first-order valence-corrected chi connectivity index (χ1v) is 7.30. The largest absolute Gasteiger partial charge is 0.354 e. The molecule has 1 aromatic carbocycles. The van der Waals surface area contributed by atoms with Crippen LogP contribution in [-0.4, -0.2) is 12.0 Å². The molecule has 2 nitrogen and oxygen atoms in total. The minimum Gasteiger partial charge on any atom is -0.354 e. The summed E-state index contributed by atoms with van der Waals surface area (Å²) in [6.45, 7) is 0.715. The normalized spacial score (nSPS) is 10.4. The van der Waals surface area contributed by atoms with Crippen molar-refractivity contribution in [1.29, 1.82) is 0 Å². The van der Waals surface area contributed by atoms with Gasteiger partial charge in [0, 0.05) is 29.3 Å². The molecule has 0 spiro atoms. The molecule has 1 aromatic heterocycles. The van der Waals surface area contributed by atoms with Crippen molar-refractivity contribution in [3.05, 3.63) is 56.1 Å². The summed E-state index contributed by atoms with van der Waals surface area (Å²) in [6, 6.07) is 9.81. The summed E-state index contributed by atoms with van der Waals surface area (Å²) in [5.74, 6) is 0.887. The van der Waals surface area contributed by atoms with Gasteiger partial charge in [-0.3, -0.25) is 0 Å². The van der Waals surface area contributed by atoms with Crippen LogP contribution in [0.2, 0.25) is 5.02 Å². The van der Waals surface area contributed by atoms with E-state index in [2.05, 4.69) is 41.7 Å². The number of hydrogen-bond acceptors (Lipinski definition) is 2. The third kappa shape index (κ3) is 3.25. The van der Waals surface area contributed by atoms with Crippen LogP contribution in [-0.2, 0) is 6.54 Å². The molecule has 0 aliphatic rings. The van der Waals surface area contributed by atoms with Gasteiger partial charge in [0.05, 0.1) is 4.47 Å². The van der Waals surface area contributed by atoms with Crippen molar-refractivity contribution in [3.8, 4) is 0 Å². The quantitative estimate of drug-likeness (QED) is 0.741. The van der Waals surface area contributed by atoms with Crippen LogP contribution in [0.1, 0.15) is 5.56 Å². The van der Waals surface area contributed by atoms with Gasteiger partial charge < -0.3 is 4.90 Å². The number of hydrogen-bond donors (Lipinski definition) is 0. The molecule has 0 N–H and O–H groups in total. The standard InChI is InChI=1S/C13H11Br2ClN2/c1-18(8-9-4-2-3-5-12(9)16)13-11(15)6-10(14)7-17-13/h2-7H,8H2,1H3. The van der Waals surface area contributed by atoms with Crippen LogP contribution >= 0.6 is 43.5 Å². The molecular formula is C13H11Br2ClN2. The summed E-state index contributed by atoms with van der Waals surface area (Å²) in [5.41, 5.74) is 1.08. The van der Waals surface area contributed by atoms with Gasteiger partial charge >= 0.3 is 0 Å². The van der Waals surface area contributed by atoms with Crippen LogP contribution in [0.3, 0.4) is 0 Å². The summed E-state index contributed by atoms with van der Waals surface area (Å²) in [7, 11) is 1.99. The first kappa shape index (κ1) is 13.8. The molecule has 18 heavy (non-hydrogen) atoms. The lowest BCUT2D eigenvalue weighted by atomic mass is 10.2. The molecule has 0 aliphatic carbocycles. The van der Waals surface area contributed by atoms with E-state index in [1.165, 1.54) is 0 Å². The molecule has 2 rings (SSSR count). The number of halogens is 3. The predicted octanol–water partition coefficient (Wildman–Crippen LogP) is 4.90. The van der Waals surface area contributed by atoms with Crippen molar-refractivity contribution in [1.82, 2.24) is 4.98 Å². The molecule has 0 amide bonds. The van der Waals surface area contributed by atoms with Crippen LogP contribution in [0.5, 0.6) is 0 Å². The van der Waals surface area contributed by atoms with E-state index in [-0.39, 0.29) is 0 Å². The summed E-state index contributed by atoms with van der Waals surface area (Å²) >= 11 is 13.1. The van der Waals surface area contributed by atoms with Crippen LogP contribution in [0.15, 0.2) is 45.5 Å². The van der Waals surface area contributed by atoms with Gasteiger partial charge in [0.1, 0.15) is 5.82 Å². The number of anilines is 1. The van der Waals surface area contributed by atoms with Crippen molar-refractivity contribution in [2.24, 2.45) is 0 Å². The smallest absolute Gasteiger partial charge is 0.142 e. The molecule has 0 saturated heterocycles. The van der Waals surface area contributed by atoms with Crippen molar-refractivity contribution in [3.63, 3.8) is 0 Å². The molecular weight excluding hydrogens is 379 g/mol. The first-order chi connectivity index (χ1) is 8.58. The molecule has 0 saturated carbocycles. The molecule has 0 atom stereocenters. The van der Waals surface area contributed by atoms with E-state index in [4.69, 9.17) is 11.6 Å². The maximum absolute atomic E-state index is 6.15. The maximum Gasteiger partial charge on any atom is 0.142 e. The van der Waals surface area contributed by atoms with E-state index in [1.54, 1.807) is 6.20 Å². The summed E-state index contributed by atoms with van der Waals surface area (Å²) in [5, 5.41) is 0.776. The predicted molar refractivity (Wildman–Crippen MR) is 83.2 cm³/mol. The average molecular weight is 391 g/mol. The van der Waals surface area contributed by atoms with Crippen LogP contribution in [0.25, 0.3) is 0 Å². The molecule has 0 aliphatic heterocycles. The van der Waals surface area contributed by atoms with Crippen molar-refractivity contribution in [2.45, 2.75) is 6.54 Å². The minimum atomic E-state index is 0.715. The second-order valence-electron chi connectivity index (χ2n) is 3.91. The van der Waals surface area contributed by atoms with Gasteiger partial charge in [-0.2, -0.15) is 0 Å². The molecule has 0 bridgehead atoms. The fraction of sp³-hybridized carbons (Fsp3) is 0.154. The molecule has 0 radical (unpaired) electrons. The second-order valence-corrected chi connectivity index (χ2v) is 6.08. The number of pyridine rings is 1. The summed E-state index contributed by atoms with van der Waals surface area (Å²) < 4.78 is 1.90. The van der Waals surface area contributed by atoms with Gasteiger partial charge in [0.2, 0.25) is 0 Å². The van der Waals surface area contributed by atoms with Gasteiger partial charge in [-0.15, -0.1) is 0 Å². The highest BCUT2D eigenvalue weighted by molar-refractivity contribution is 9.11. The SMILES string of the molecule is CN(Cc1ccccc1Cl)c1ncc(Br)cc1Br. The van der Waals surface area contributed by atoms with Crippen molar-refractivity contribution in [2.75, 3.05) is 11.9 Å². The Morgan fingerprint density at radius 2 is 2.00 bits per heavy atom. The number of rotatable bonds is 3. The van der Waals surface area contributed by atoms with Crippen molar-refractivity contribution >= 4 is 49.3 Å². The van der Waals surface area contributed by atoms with E-state index in [0.29, 0.717) is 6.54 Å². The molecule has 2 aromatic rings. The Kier molecular flexibility index (Phi) is 4.65. The Morgan fingerprint density at radius 3 is 2.67 bits per heavy atom. The van der Waals surface area contributed by atoms with E-state index in [0.717, 1.165) is 25.3 Å². The zero-order valence-electron chi connectivity index (χ0n) is 9.70. The van der Waals surface area contributed by atoms with E-state index in [9.17, 15) is 0 Å². The molecule has 94 valence electrons. The lowest BCUT2D eigenvalue weighted by Crippen LogP contribution is -2.18. The Labute approximate surface area is 128 Å². The zero-order chi connectivity index (χ0) is 13.1. The zero-order valence-corrected chi connectivity index (χ0v) is 13.6. The van der Waals surface area contributed by atoms with Gasteiger partial charge in [-0.25, -0.2) is 4.98 Å². The second kappa shape index (κ2) is 6.04. The topological polar surface area (TPSA) is 16.1 Å². The Balaban J connectivity index is 2.22. The summed E-state index contributed by atoms with van der Waals surface area (Å²) in [6.07, 6.45) is 1.78. The minimum absolute atomic E-state index is 0.715. The highest BCUT2D eigenvalue weighted by atomic mass is 79.9. The Hall–Kier alpha value is -0.580. The lowest BCUT2D eigenvalue weighted by molar-refractivity contribution is 0.893. The number of aromatic nitrogens is 1. The van der Waals surface area contributed by atoms with Gasteiger partial charge in [-0.05, 0) is 49.6 Å². The molecule has 0 fully saturated rings. The van der Waals surface area contributed by atoms with Gasteiger partial charge in [0.25, 0.3) is 0 Å².